The maximum absolute atomic E-state index is 10.7. The third-order valence-electron chi connectivity index (χ3n) is 3.44. The summed E-state index contributed by atoms with van der Waals surface area (Å²) in [5.41, 5.74) is 1.84. The van der Waals surface area contributed by atoms with Gasteiger partial charge in [-0.3, -0.25) is 10.1 Å². The first-order valence-corrected chi connectivity index (χ1v) is 6.36. The topological polar surface area (TPSA) is 67.2 Å². The average Bonchev–Trinajstić information content (AvgIpc) is 2.81. The normalized spacial score (nSPS) is 18.8. The molecular weight excluding hydrogens is 230 g/mol. The van der Waals surface area contributed by atoms with Crippen LogP contribution in [-0.2, 0) is 0 Å². The summed E-state index contributed by atoms with van der Waals surface area (Å²) < 4.78 is 0. The minimum atomic E-state index is -0.344. The molecule has 0 bridgehead atoms. The summed E-state index contributed by atoms with van der Waals surface area (Å²) in [6.07, 6.45) is 2.39. The van der Waals surface area contributed by atoms with Crippen molar-refractivity contribution in [1.82, 2.24) is 5.32 Å². The first-order valence-electron chi connectivity index (χ1n) is 6.36. The van der Waals surface area contributed by atoms with Gasteiger partial charge < -0.3 is 10.6 Å². The molecule has 0 aromatic heterocycles. The van der Waals surface area contributed by atoms with E-state index in [0.717, 1.165) is 37.7 Å². The molecule has 1 unspecified atom stereocenters. The number of benzene rings is 1. The number of anilines is 1. The van der Waals surface area contributed by atoms with Gasteiger partial charge in [-0.25, -0.2) is 0 Å². The van der Waals surface area contributed by atoms with Gasteiger partial charge in [0.1, 0.15) is 0 Å². The lowest BCUT2D eigenvalue weighted by atomic mass is 10.1. The molecule has 5 heteroatoms. The van der Waals surface area contributed by atoms with E-state index in [0.29, 0.717) is 5.56 Å². The Morgan fingerprint density at radius 3 is 3.00 bits per heavy atom. The van der Waals surface area contributed by atoms with E-state index < -0.39 is 0 Å². The zero-order chi connectivity index (χ0) is 13.0. The van der Waals surface area contributed by atoms with Crippen LogP contribution in [0, 0.1) is 23.0 Å². The Balaban J connectivity index is 1.85. The van der Waals surface area contributed by atoms with Crippen molar-refractivity contribution >= 4 is 11.4 Å². The second kappa shape index (κ2) is 5.82. The smallest absolute Gasteiger partial charge is 0.272 e. The van der Waals surface area contributed by atoms with Crippen LogP contribution in [0.25, 0.3) is 0 Å². The van der Waals surface area contributed by atoms with Crippen LogP contribution in [0.1, 0.15) is 18.4 Å². The summed E-state index contributed by atoms with van der Waals surface area (Å²) in [5.74, 6) is 0.761. The van der Waals surface area contributed by atoms with Crippen LogP contribution in [0.4, 0.5) is 11.4 Å². The van der Waals surface area contributed by atoms with Gasteiger partial charge in [-0.1, -0.05) is 0 Å². The fourth-order valence-electron chi connectivity index (χ4n) is 2.35. The highest BCUT2D eigenvalue weighted by Gasteiger charge is 2.14. The van der Waals surface area contributed by atoms with Crippen molar-refractivity contribution in [1.29, 1.82) is 0 Å². The predicted molar refractivity (Wildman–Crippen MR) is 71.9 cm³/mol. The molecule has 5 nitrogen and oxygen atoms in total. The lowest BCUT2D eigenvalue weighted by Crippen LogP contribution is -2.12. The molecule has 1 aromatic carbocycles. The molecule has 2 N–H and O–H groups in total. The maximum atomic E-state index is 10.7. The van der Waals surface area contributed by atoms with E-state index in [4.69, 9.17) is 0 Å². The Morgan fingerprint density at radius 2 is 2.39 bits per heavy atom. The number of hydrogen-bond donors (Lipinski definition) is 2. The highest BCUT2D eigenvalue weighted by Crippen LogP contribution is 2.22. The molecule has 0 saturated carbocycles. The highest BCUT2D eigenvalue weighted by atomic mass is 16.6. The lowest BCUT2D eigenvalue weighted by Gasteiger charge is -2.10. The van der Waals surface area contributed by atoms with E-state index in [9.17, 15) is 10.1 Å². The van der Waals surface area contributed by atoms with Gasteiger partial charge in [0.15, 0.2) is 0 Å². The Morgan fingerprint density at radius 1 is 1.56 bits per heavy atom. The molecule has 0 aliphatic carbocycles. The molecule has 1 atom stereocenters. The monoisotopic (exact) mass is 249 g/mol. The van der Waals surface area contributed by atoms with Crippen molar-refractivity contribution in [3.05, 3.63) is 33.9 Å². The summed E-state index contributed by atoms with van der Waals surface area (Å²) in [6, 6.07) is 5.18. The summed E-state index contributed by atoms with van der Waals surface area (Å²) in [6.45, 7) is 4.93. The van der Waals surface area contributed by atoms with Crippen molar-refractivity contribution in [3.63, 3.8) is 0 Å². The third kappa shape index (κ3) is 3.20. The number of nitro benzene ring substituents is 1. The van der Waals surface area contributed by atoms with Crippen LogP contribution in [0.3, 0.4) is 0 Å². The number of nitrogens with zero attached hydrogens (tertiary/aromatic N) is 1. The van der Waals surface area contributed by atoms with Crippen molar-refractivity contribution in [2.75, 3.05) is 25.0 Å². The van der Waals surface area contributed by atoms with Crippen LogP contribution >= 0.6 is 0 Å². The second-order valence-electron chi connectivity index (χ2n) is 4.83. The van der Waals surface area contributed by atoms with Gasteiger partial charge in [-0.15, -0.1) is 0 Å². The molecule has 1 heterocycles. The van der Waals surface area contributed by atoms with Crippen LogP contribution in [0.2, 0.25) is 0 Å². The molecule has 1 fully saturated rings. The largest absolute Gasteiger partial charge is 0.385 e. The lowest BCUT2D eigenvalue weighted by molar-refractivity contribution is -0.385. The zero-order valence-corrected chi connectivity index (χ0v) is 10.6. The van der Waals surface area contributed by atoms with Crippen LogP contribution in [-0.4, -0.2) is 24.6 Å². The molecule has 1 aromatic rings. The van der Waals surface area contributed by atoms with E-state index in [1.54, 1.807) is 19.1 Å². The standard InChI is InChI=1S/C13H19N3O2/c1-10-8-12(2-3-13(10)16(17)18)15-7-5-11-4-6-14-9-11/h2-3,8,11,14-15H,4-7,9H2,1H3. The van der Waals surface area contributed by atoms with E-state index in [-0.39, 0.29) is 10.6 Å². The second-order valence-corrected chi connectivity index (χ2v) is 4.83. The van der Waals surface area contributed by atoms with Gasteiger partial charge in [0.2, 0.25) is 0 Å². The summed E-state index contributed by atoms with van der Waals surface area (Å²) in [4.78, 5) is 10.4. The average molecular weight is 249 g/mol. The van der Waals surface area contributed by atoms with Gasteiger partial charge in [0, 0.05) is 23.9 Å². The Labute approximate surface area is 107 Å². The Kier molecular flexibility index (Phi) is 4.15. The van der Waals surface area contributed by atoms with Crippen LogP contribution in [0.5, 0.6) is 0 Å². The predicted octanol–water partition coefficient (Wildman–Crippen LogP) is 2.31. The summed E-state index contributed by atoms with van der Waals surface area (Å²) in [7, 11) is 0. The first-order chi connectivity index (χ1) is 8.66. The zero-order valence-electron chi connectivity index (χ0n) is 10.6. The van der Waals surface area contributed by atoms with Gasteiger partial charge in [0.25, 0.3) is 5.69 Å². The number of nitrogens with one attached hydrogen (secondary N) is 2. The Bertz CT molecular complexity index is 428. The van der Waals surface area contributed by atoms with E-state index in [2.05, 4.69) is 10.6 Å². The molecule has 0 radical (unpaired) electrons. The summed E-state index contributed by atoms with van der Waals surface area (Å²) in [5, 5.41) is 17.4. The minimum Gasteiger partial charge on any atom is -0.385 e. The minimum absolute atomic E-state index is 0.181. The molecule has 0 amide bonds. The molecule has 2 rings (SSSR count). The number of nitro groups is 1. The first kappa shape index (κ1) is 12.8. The van der Waals surface area contributed by atoms with Gasteiger partial charge in [-0.2, -0.15) is 0 Å². The van der Waals surface area contributed by atoms with E-state index in [1.165, 1.54) is 6.42 Å². The van der Waals surface area contributed by atoms with Crippen molar-refractivity contribution < 1.29 is 4.92 Å². The fourth-order valence-corrected chi connectivity index (χ4v) is 2.35. The molecular formula is C13H19N3O2. The number of aryl methyl sites for hydroxylation is 1. The fraction of sp³-hybridized carbons (Fsp3) is 0.538. The summed E-state index contributed by atoms with van der Waals surface area (Å²) >= 11 is 0. The molecule has 18 heavy (non-hydrogen) atoms. The molecule has 0 spiro atoms. The molecule has 1 aliphatic rings. The van der Waals surface area contributed by atoms with E-state index in [1.807, 2.05) is 6.07 Å². The van der Waals surface area contributed by atoms with Gasteiger partial charge in [0.05, 0.1) is 4.92 Å². The molecule has 1 saturated heterocycles. The van der Waals surface area contributed by atoms with Crippen LogP contribution < -0.4 is 10.6 Å². The third-order valence-corrected chi connectivity index (χ3v) is 3.44. The highest BCUT2D eigenvalue weighted by molar-refractivity contribution is 5.53. The van der Waals surface area contributed by atoms with Crippen molar-refractivity contribution in [3.8, 4) is 0 Å². The van der Waals surface area contributed by atoms with Crippen molar-refractivity contribution in [2.45, 2.75) is 19.8 Å². The van der Waals surface area contributed by atoms with E-state index >= 15 is 0 Å². The quantitative estimate of drug-likeness (QED) is 0.620. The number of rotatable bonds is 5. The SMILES string of the molecule is Cc1cc(NCCC2CCNC2)ccc1[N+](=O)[O-]. The molecule has 1 aliphatic heterocycles. The van der Waals surface area contributed by atoms with Crippen LogP contribution in [0.15, 0.2) is 18.2 Å². The van der Waals surface area contributed by atoms with Gasteiger partial charge >= 0.3 is 0 Å². The number of hydrogen-bond acceptors (Lipinski definition) is 4. The Hall–Kier alpha value is -1.62. The van der Waals surface area contributed by atoms with Crippen molar-refractivity contribution in [2.24, 2.45) is 5.92 Å². The molecule has 98 valence electrons. The maximum Gasteiger partial charge on any atom is 0.272 e. The van der Waals surface area contributed by atoms with Gasteiger partial charge in [-0.05, 0) is 50.9 Å².